The molecular formula is C8H10ClN5S2. The number of nitrogens with zero attached hydrogens (tertiary/aromatic N) is 4. The molecule has 0 saturated heterocycles. The normalized spacial score (nSPS) is 10.9. The first kappa shape index (κ1) is 11.7. The fourth-order valence-electron chi connectivity index (χ4n) is 1.25. The van der Waals surface area contributed by atoms with Gasteiger partial charge in [-0.2, -0.15) is 5.10 Å². The van der Waals surface area contributed by atoms with Crippen molar-refractivity contribution in [1.29, 1.82) is 0 Å². The van der Waals surface area contributed by atoms with Crippen LogP contribution in [0.25, 0.3) is 0 Å². The average molecular weight is 276 g/mol. The Morgan fingerprint density at radius 3 is 2.75 bits per heavy atom. The highest BCUT2D eigenvalue weighted by Gasteiger charge is 2.12. The lowest BCUT2D eigenvalue weighted by Crippen LogP contribution is -1.96. The lowest BCUT2D eigenvalue weighted by atomic mass is 10.4. The zero-order valence-corrected chi connectivity index (χ0v) is 11.2. The number of halogens is 1. The van der Waals surface area contributed by atoms with Crippen molar-refractivity contribution in [3.63, 3.8) is 0 Å². The molecule has 0 bridgehead atoms. The summed E-state index contributed by atoms with van der Waals surface area (Å²) < 4.78 is 2.63. The summed E-state index contributed by atoms with van der Waals surface area (Å²) in [5.74, 6) is 0.713. The first-order chi connectivity index (χ1) is 7.58. The van der Waals surface area contributed by atoms with E-state index in [4.69, 9.17) is 17.3 Å². The smallest absolute Gasteiger partial charge is 0.203 e. The van der Waals surface area contributed by atoms with Gasteiger partial charge >= 0.3 is 0 Å². The summed E-state index contributed by atoms with van der Waals surface area (Å²) >= 11 is 9.06. The maximum absolute atomic E-state index is 6.13. The van der Waals surface area contributed by atoms with Gasteiger partial charge in [-0.15, -0.1) is 10.2 Å². The molecular weight excluding hydrogens is 266 g/mol. The van der Waals surface area contributed by atoms with E-state index in [1.165, 1.54) is 11.3 Å². The van der Waals surface area contributed by atoms with Gasteiger partial charge in [0.2, 0.25) is 5.13 Å². The molecule has 0 unspecified atom stereocenters. The third kappa shape index (κ3) is 2.31. The molecule has 0 saturated carbocycles. The highest BCUT2D eigenvalue weighted by molar-refractivity contribution is 8.00. The fraction of sp³-hybridized carbons (Fsp3) is 0.375. The molecule has 86 valence electrons. The molecule has 8 heteroatoms. The van der Waals surface area contributed by atoms with Crippen molar-refractivity contribution in [2.24, 2.45) is 7.05 Å². The number of anilines is 1. The molecule has 2 rings (SSSR count). The third-order valence-electron chi connectivity index (χ3n) is 2.02. The summed E-state index contributed by atoms with van der Waals surface area (Å²) in [6, 6.07) is 0. The van der Waals surface area contributed by atoms with Crippen LogP contribution in [0.3, 0.4) is 0 Å². The van der Waals surface area contributed by atoms with Gasteiger partial charge in [0.05, 0.1) is 16.4 Å². The van der Waals surface area contributed by atoms with E-state index >= 15 is 0 Å². The quantitative estimate of drug-likeness (QED) is 0.869. The van der Waals surface area contributed by atoms with Gasteiger partial charge in [-0.3, -0.25) is 4.68 Å². The number of nitrogens with two attached hydrogens (primary N) is 1. The number of aryl methyl sites for hydroxylation is 2. The van der Waals surface area contributed by atoms with Crippen LogP contribution >= 0.6 is 34.7 Å². The van der Waals surface area contributed by atoms with Crippen molar-refractivity contribution in [3.8, 4) is 0 Å². The number of nitrogen functional groups attached to an aromatic ring is 1. The van der Waals surface area contributed by atoms with Crippen molar-refractivity contribution in [3.05, 3.63) is 16.4 Å². The maximum atomic E-state index is 6.13. The lowest BCUT2D eigenvalue weighted by Gasteiger charge is -1.99. The van der Waals surface area contributed by atoms with Crippen LogP contribution < -0.4 is 5.73 Å². The van der Waals surface area contributed by atoms with Gasteiger partial charge in [-0.05, 0) is 6.92 Å². The van der Waals surface area contributed by atoms with Crippen LogP contribution in [0.5, 0.6) is 0 Å². The molecule has 0 atom stereocenters. The van der Waals surface area contributed by atoms with Gasteiger partial charge in [0.25, 0.3) is 0 Å². The fourth-order valence-corrected chi connectivity index (χ4v) is 3.25. The zero-order valence-electron chi connectivity index (χ0n) is 8.77. The molecule has 0 radical (unpaired) electrons. The Morgan fingerprint density at radius 2 is 2.25 bits per heavy atom. The predicted octanol–water partition coefficient (Wildman–Crippen LogP) is 2.11. The molecule has 0 amide bonds. The average Bonchev–Trinajstić information content (AvgIpc) is 2.72. The monoisotopic (exact) mass is 275 g/mol. The van der Waals surface area contributed by atoms with E-state index in [9.17, 15) is 0 Å². The Hall–Kier alpha value is -0.790. The molecule has 0 aliphatic heterocycles. The van der Waals surface area contributed by atoms with Crippen LogP contribution in [0.1, 0.15) is 11.4 Å². The Labute approximate surface area is 106 Å². The summed E-state index contributed by atoms with van der Waals surface area (Å²) in [6.07, 6.45) is 0. The molecule has 2 N–H and O–H groups in total. The van der Waals surface area contributed by atoms with Gasteiger partial charge < -0.3 is 5.73 Å². The molecule has 5 nitrogen and oxygen atoms in total. The van der Waals surface area contributed by atoms with Crippen LogP contribution in [-0.4, -0.2) is 20.0 Å². The summed E-state index contributed by atoms with van der Waals surface area (Å²) in [6.45, 7) is 1.89. The number of thioether (sulfide) groups is 1. The van der Waals surface area contributed by atoms with Crippen LogP contribution in [0.4, 0.5) is 5.13 Å². The minimum absolute atomic E-state index is 0.481. The zero-order chi connectivity index (χ0) is 11.7. The Balaban J connectivity index is 2.10. The maximum Gasteiger partial charge on any atom is 0.203 e. The van der Waals surface area contributed by atoms with Crippen molar-refractivity contribution in [2.45, 2.75) is 17.0 Å². The van der Waals surface area contributed by atoms with Gasteiger partial charge in [-0.25, -0.2) is 0 Å². The first-order valence-electron chi connectivity index (χ1n) is 4.47. The topological polar surface area (TPSA) is 69.6 Å². The van der Waals surface area contributed by atoms with Crippen molar-refractivity contribution >= 4 is 39.8 Å². The predicted molar refractivity (Wildman–Crippen MR) is 66.8 cm³/mol. The van der Waals surface area contributed by atoms with Gasteiger partial charge in [-0.1, -0.05) is 34.7 Å². The Morgan fingerprint density at radius 1 is 1.50 bits per heavy atom. The highest BCUT2D eigenvalue weighted by atomic mass is 35.5. The number of aromatic nitrogens is 4. The second kappa shape index (κ2) is 4.60. The molecule has 2 heterocycles. The molecule has 2 aromatic rings. The van der Waals surface area contributed by atoms with Crippen molar-refractivity contribution < 1.29 is 0 Å². The van der Waals surface area contributed by atoms with Gasteiger partial charge in [0.1, 0.15) is 0 Å². The standard InChI is InChI=1S/C8H10ClN5S2/c1-4-6(9)5(14(2)13-4)3-15-8-12-11-7(10)16-8/h3H2,1-2H3,(H2,10,11). The number of hydrogen-bond donors (Lipinski definition) is 1. The highest BCUT2D eigenvalue weighted by Crippen LogP contribution is 2.30. The van der Waals surface area contributed by atoms with Crippen LogP contribution in [0.2, 0.25) is 5.02 Å². The molecule has 0 aliphatic rings. The minimum Gasteiger partial charge on any atom is -0.374 e. The Bertz CT molecular complexity index is 506. The second-order valence-corrected chi connectivity index (χ2v) is 5.77. The van der Waals surface area contributed by atoms with Gasteiger partial charge in [0, 0.05) is 12.8 Å². The largest absolute Gasteiger partial charge is 0.374 e. The van der Waals surface area contributed by atoms with E-state index in [1.807, 2.05) is 14.0 Å². The number of rotatable bonds is 3. The molecule has 2 aromatic heterocycles. The SMILES string of the molecule is Cc1nn(C)c(CSc2nnc(N)s2)c1Cl. The van der Waals surface area contributed by atoms with Crippen molar-refractivity contribution in [2.75, 3.05) is 5.73 Å². The lowest BCUT2D eigenvalue weighted by molar-refractivity contribution is 0.727. The molecule has 0 aliphatic carbocycles. The van der Waals surface area contributed by atoms with E-state index in [1.54, 1.807) is 16.4 Å². The summed E-state index contributed by atoms with van der Waals surface area (Å²) in [5, 5.41) is 13.1. The van der Waals surface area contributed by atoms with Crippen LogP contribution in [-0.2, 0) is 12.8 Å². The summed E-state index contributed by atoms with van der Waals surface area (Å²) in [7, 11) is 1.88. The summed E-state index contributed by atoms with van der Waals surface area (Å²) in [4.78, 5) is 0. The molecule has 0 fully saturated rings. The van der Waals surface area contributed by atoms with Crippen LogP contribution in [0.15, 0.2) is 4.34 Å². The second-order valence-electron chi connectivity index (χ2n) is 3.16. The van der Waals surface area contributed by atoms with Crippen molar-refractivity contribution in [1.82, 2.24) is 20.0 Å². The van der Waals surface area contributed by atoms with Gasteiger partial charge in [0.15, 0.2) is 4.34 Å². The van der Waals surface area contributed by atoms with Crippen LogP contribution in [0, 0.1) is 6.92 Å². The number of hydrogen-bond acceptors (Lipinski definition) is 6. The molecule has 0 aromatic carbocycles. The molecule has 0 spiro atoms. The minimum atomic E-state index is 0.481. The van der Waals surface area contributed by atoms with E-state index < -0.39 is 0 Å². The first-order valence-corrected chi connectivity index (χ1v) is 6.65. The van der Waals surface area contributed by atoms with E-state index in [2.05, 4.69) is 15.3 Å². The third-order valence-corrected chi connectivity index (χ3v) is 4.40. The van der Waals surface area contributed by atoms with E-state index in [0.717, 1.165) is 15.7 Å². The molecule has 16 heavy (non-hydrogen) atoms. The Kier molecular flexibility index (Phi) is 3.36. The van der Waals surface area contributed by atoms with E-state index in [0.29, 0.717) is 15.9 Å². The van der Waals surface area contributed by atoms with E-state index in [-0.39, 0.29) is 0 Å². The summed E-state index contributed by atoms with van der Waals surface area (Å²) in [5.41, 5.74) is 7.33.